The van der Waals surface area contributed by atoms with E-state index in [4.69, 9.17) is 17.0 Å². The highest BCUT2D eigenvalue weighted by Crippen LogP contribution is 2.39. The molecule has 1 aliphatic rings. The molecule has 0 bridgehead atoms. The highest BCUT2D eigenvalue weighted by molar-refractivity contribution is 7.80. The van der Waals surface area contributed by atoms with Crippen molar-refractivity contribution in [1.29, 1.82) is 0 Å². The summed E-state index contributed by atoms with van der Waals surface area (Å²) in [6.07, 6.45) is 2.04. The quantitative estimate of drug-likeness (QED) is 0.256. The maximum Gasteiger partial charge on any atom is 0.336 e. The van der Waals surface area contributed by atoms with Gasteiger partial charge in [0.15, 0.2) is 5.11 Å². The van der Waals surface area contributed by atoms with Gasteiger partial charge in [0.1, 0.15) is 17.2 Å². The number of benzene rings is 3. The molecule has 4 rings (SSSR count). The number of nitrogens with one attached hydrogen (secondary N) is 2. The molecule has 3 aromatic carbocycles. The van der Waals surface area contributed by atoms with Crippen LogP contribution in [0.1, 0.15) is 41.3 Å². The minimum Gasteiger partial charge on any atom is -0.508 e. The lowest BCUT2D eigenvalue weighted by atomic mass is 9.89. The summed E-state index contributed by atoms with van der Waals surface area (Å²) in [6, 6.07) is 15.4. The van der Waals surface area contributed by atoms with E-state index in [1.165, 1.54) is 6.07 Å². The van der Waals surface area contributed by atoms with Gasteiger partial charge in [0, 0.05) is 34.7 Å². The second-order valence-corrected chi connectivity index (χ2v) is 8.20. The Hall–Kier alpha value is -3.84. The molecule has 168 valence electrons. The standard InChI is InChI=1S/C26H24N2O4S/c1-3-4-11-27-26(33)28-16-6-9-18(21(13-16)25(30)31)24-19-8-5-15(2)12-22(19)32-23-14-17(29)7-10-20(23)24/h5-10,12-14,29H,2-4,11H2,1H3,(H,30,31)(H2,27,28,33). The molecule has 6 nitrogen and oxygen atoms in total. The molecule has 0 spiro atoms. The van der Waals surface area contributed by atoms with Gasteiger partial charge in [0.25, 0.3) is 0 Å². The molecule has 7 heteroatoms. The highest BCUT2D eigenvalue weighted by atomic mass is 32.1. The van der Waals surface area contributed by atoms with Crippen molar-refractivity contribution in [3.63, 3.8) is 0 Å². The van der Waals surface area contributed by atoms with Crippen molar-refractivity contribution < 1.29 is 19.7 Å². The molecule has 0 atom stereocenters. The summed E-state index contributed by atoms with van der Waals surface area (Å²) in [5.74, 6) is -0.00374. The molecule has 0 aliphatic carbocycles. The Kier molecular flexibility index (Phi) is 6.33. The molecule has 0 amide bonds. The van der Waals surface area contributed by atoms with Crippen molar-refractivity contribution in [3.8, 4) is 17.2 Å². The number of phenolic OH excluding ortho intramolecular Hbond substituents is 1. The number of anilines is 1. The predicted molar refractivity (Wildman–Crippen MR) is 134 cm³/mol. The molecule has 4 N–H and O–H groups in total. The molecule has 33 heavy (non-hydrogen) atoms. The van der Waals surface area contributed by atoms with E-state index in [0.29, 0.717) is 39.0 Å². The first-order valence-electron chi connectivity index (χ1n) is 10.6. The lowest BCUT2D eigenvalue weighted by Crippen LogP contribution is -2.29. The average molecular weight is 461 g/mol. The first kappa shape index (κ1) is 22.4. The zero-order valence-electron chi connectivity index (χ0n) is 18.1. The first-order valence-corrected chi connectivity index (χ1v) is 11.1. The minimum atomic E-state index is -1.06. The van der Waals surface area contributed by atoms with E-state index in [0.717, 1.165) is 29.8 Å². The Labute approximate surface area is 196 Å². The van der Waals surface area contributed by atoms with Crippen molar-refractivity contribution in [2.24, 2.45) is 0 Å². The van der Waals surface area contributed by atoms with Crippen molar-refractivity contribution >= 4 is 41.1 Å². The van der Waals surface area contributed by atoms with Gasteiger partial charge in [-0.2, -0.15) is 0 Å². The number of hydrogen-bond donors (Lipinski definition) is 4. The van der Waals surface area contributed by atoms with Crippen LogP contribution in [0.2, 0.25) is 0 Å². The Balaban J connectivity index is 1.85. The number of carboxylic acids is 1. The number of carbonyl (C=O) groups is 1. The van der Waals surface area contributed by atoms with Crippen LogP contribution in [0.3, 0.4) is 0 Å². The summed E-state index contributed by atoms with van der Waals surface area (Å²) in [7, 11) is 0. The molecule has 0 saturated heterocycles. The Morgan fingerprint density at radius 3 is 2.61 bits per heavy atom. The van der Waals surface area contributed by atoms with Gasteiger partial charge in [-0.3, -0.25) is 0 Å². The molecule has 0 fully saturated rings. The molecule has 3 aromatic rings. The second kappa shape index (κ2) is 9.34. The number of thiocarbonyl (C=S) groups is 1. The topological polar surface area (TPSA) is 90.8 Å². The largest absolute Gasteiger partial charge is 0.508 e. The van der Waals surface area contributed by atoms with E-state index in [1.807, 2.05) is 12.1 Å². The average Bonchev–Trinajstić information content (AvgIpc) is 2.77. The number of hydrogen-bond acceptors (Lipinski definition) is 4. The molecule has 0 radical (unpaired) electrons. The van der Waals surface area contributed by atoms with E-state index in [1.54, 1.807) is 36.4 Å². The van der Waals surface area contributed by atoms with Crippen molar-refractivity contribution in [3.05, 3.63) is 81.7 Å². The third kappa shape index (κ3) is 4.68. The van der Waals surface area contributed by atoms with Gasteiger partial charge in [0.05, 0.1) is 5.56 Å². The fraction of sp³-hybridized carbons (Fsp3) is 0.154. The van der Waals surface area contributed by atoms with Gasteiger partial charge >= 0.3 is 5.97 Å². The van der Waals surface area contributed by atoms with Gasteiger partial charge in [-0.05, 0) is 59.8 Å². The number of ether oxygens (including phenoxy) is 1. The summed E-state index contributed by atoms with van der Waals surface area (Å²) < 4.78 is 6.01. The monoisotopic (exact) mass is 460 g/mol. The Bertz CT molecular complexity index is 1370. The van der Waals surface area contributed by atoms with Crippen molar-refractivity contribution in [2.45, 2.75) is 19.8 Å². The summed E-state index contributed by atoms with van der Waals surface area (Å²) >= 11 is 5.32. The third-order valence-corrected chi connectivity index (χ3v) is 5.61. The molecule has 0 aromatic heterocycles. The van der Waals surface area contributed by atoms with Crippen LogP contribution in [0.25, 0.3) is 12.2 Å². The number of aromatic hydroxyl groups is 1. The van der Waals surface area contributed by atoms with Crippen molar-refractivity contribution in [1.82, 2.24) is 5.32 Å². The van der Waals surface area contributed by atoms with Crippen LogP contribution in [0.5, 0.6) is 17.2 Å². The summed E-state index contributed by atoms with van der Waals surface area (Å²) in [5.41, 5.74) is 2.64. The van der Waals surface area contributed by atoms with E-state index in [-0.39, 0.29) is 11.3 Å². The number of fused-ring (bicyclic) bond motifs is 2. The number of carboxylic acid groups (broad SMARTS) is 1. The zero-order chi connectivity index (χ0) is 23.5. The van der Waals surface area contributed by atoms with Gasteiger partial charge in [-0.25, -0.2) is 4.79 Å². The number of aromatic carboxylic acids is 1. The maximum absolute atomic E-state index is 12.3. The molecule has 1 heterocycles. The molecular weight excluding hydrogens is 436 g/mol. The fourth-order valence-electron chi connectivity index (χ4n) is 3.78. The SMILES string of the molecule is C=c1ccc2c(c1)Oc1cc(O)ccc1C=2c1ccc(NC(=S)NCCCC)cc1C(=O)O. The lowest BCUT2D eigenvalue weighted by molar-refractivity contribution is 0.0696. The molecular formula is C26H24N2O4S. The van der Waals surface area contributed by atoms with Gasteiger partial charge in [-0.15, -0.1) is 0 Å². The van der Waals surface area contributed by atoms with Crippen LogP contribution in [0.15, 0.2) is 54.6 Å². The third-order valence-electron chi connectivity index (χ3n) is 5.36. The first-order chi connectivity index (χ1) is 15.9. The van der Waals surface area contributed by atoms with Crippen LogP contribution >= 0.6 is 12.2 Å². The van der Waals surface area contributed by atoms with Crippen LogP contribution in [-0.2, 0) is 0 Å². The summed E-state index contributed by atoms with van der Waals surface area (Å²) in [4.78, 5) is 12.3. The molecule has 1 aliphatic heterocycles. The van der Waals surface area contributed by atoms with Gasteiger partial charge in [0.2, 0.25) is 0 Å². The van der Waals surface area contributed by atoms with Crippen LogP contribution in [-0.4, -0.2) is 27.8 Å². The van der Waals surface area contributed by atoms with E-state index < -0.39 is 5.97 Å². The molecule has 0 saturated carbocycles. The maximum atomic E-state index is 12.3. The number of phenols is 1. The Morgan fingerprint density at radius 2 is 1.85 bits per heavy atom. The van der Waals surface area contributed by atoms with Crippen LogP contribution in [0, 0.1) is 0 Å². The van der Waals surface area contributed by atoms with E-state index in [2.05, 4.69) is 24.1 Å². The second-order valence-electron chi connectivity index (χ2n) is 7.79. The lowest BCUT2D eigenvalue weighted by Gasteiger charge is -2.22. The van der Waals surface area contributed by atoms with Crippen molar-refractivity contribution in [2.75, 3.05) is 11.9 Å². The van der Waals surface area contributed by atoms with Gasteiger partial charge < -0.3 is 25.6 Å². The number of rotatable bonds is 6. The Morgan fingerprint density at radius 1 is 1.06 bits per heavy atom. The van der Waals surface area contributed by atoms with E-state index in [9.17, 15) is 15.0 Å². The predicted octanol–water partition coefficient (Wildman–Crippen LogP) is 3.94. The zero-order valence-corrected chi connectivity index (χ0v) is 19.0. The molecule has 0 unspecified atom stereocenters. The fourth-order valence-corrected chi connectivity index (χ4v) is 4.00. The highest BCUT2D eigenvalue weighted by Gasteiger charge is 2.24. The van der Waals surface area contributed by atoms with Gasteiger partial charge in [-0.1, -0.05) is 38.1 Å². The van der Waals surface area contributed by atoms with Crippen LogP contribution < -0.4 is 25.8 Å². The van der Waals surface area contributed by atoms with E-state index >= 15 is 0 Å². The smallest absolute Gasteiger partial charge is 0.336 e. The van der Waals surface area contributed by atoms with Crippen LogP contribution in [0.4, 0.5) is 5.69 Å². The summed E-state index contributed by atoms with van der Waals surface area (Å²) in [5, 5.41) is 28.1. The summed E-state index contributed by atoms with van der Waals surface area (Å²) in [6.45, 7) is 6.80. The minimum absolute atomic E-state index is 0.0596. The number of unbranched alkanes of at least 4 members (excludes halogenated alkanes) is 1. The normalized spacial score (nSPS) is 11.7.